The van der Waals surface area contributed by atoms with E-state index in [2.05, 4.69) is 92.1 Å². The van der Waals surface area contributed by atoms with Gasteiger partial charge in [0, 0.05) is 6.42 Å². The Hall–Kier alpha value is -3.60. The van der Waals surface area contributed by atoms with E-state index in [4.69, 9.17) is 13.8 Å². The van der Waals surface area contributed by atoms with Gasteiger partial charge in [-0.25, -0.2) is 9.36 Å². The first-order valence-corrected chi connectivity index (χ1v) is 23.8. The summed E-state index contributed by atoms with van der Waals surface area (Å²) in [4.78, 5) is 45.9. The fourth-order valence-corrected chi connectivity index (χ4v) is 6.22. The predicted molar refractivity (Wildman–Crippen MR) is 244 cm³/mol. The fraction of sp³-hybridized carbons (Fsp3) is 0.604. The van der Waals surface area contributed by atoms with Gasteiger partial charge in [0.05, 0.1) is 19.6 Å². The Labute approximate surface area is 362 Å². The molecule has 0 bridgehead atoms. The predicted octanol–water partition coefficient (Wildman–Crippen LogP) is 11.7. The van der Waals surface area contributed by atoms with Gasteiger partial charge in [-0.2, -0.15) is 0 Å². The summed E-state index contributed by atoms with van der Waals surface area (Å²) >= 11 is 0. The molecule has 4 N–H and O–H groups in total. The van der Waals surface area contributed by atoms with Crippen LogP contribution in [0.1, 0.15) is 155 Å². The van der Waals surface area contributed by atoms with Crippen molar-refractivity contribution in [2.24, 2.45) is 0 Å². The highest BCUT2D eigenvalue weighted by molar-refractivity contribution is 7.47. The molecule has 0 radical (unpaired) electrons. The summed E-state index contributed by atoms with van der Waals surface area (Å²) in [5.74, 6) is -2.54. The van der Waals surface area contributed by atoms with Gasteiger partial charge in [-0.1, -0.05) is 162 Å². The number of aliphatic carboxylic acids is 1. The molecule has 0 aromatic heterocycles. The first-order valence-electron chi connectivity index (χ1n) is 22.3. The Morgan fingerprint density at radius 3 is 1.48 bits per heavy atom. The minimum Gasteiger partial charge on any atom is -0.480 e. The van der Waals surface area contributed by atoms with Crippen LogP contribution in [0.25, 0.3) is 0 Å². The summed E-state index contributed by atoms with van der Waals surface area (Å²) in [5, 5.41) is 21.8. The molecular weight excluding hydrogens is 781 g/mol. The number of carboxylic acids is 1. The van der Waals surface area contributed by atoms with Crippen LogP contribution in [0.5, 0.6) is 0 Å². The van der Waals surface area contributed by atoms with E-state index in [0.717, 1.165) is 77.0 Å². The average Bonchev–Trinajstić information content (AvgIpc) is 3.22. The normalized spacial score (nSPS) is 14.6. The van der Waals surface area contributed by atoms with Gasteiger partial charge in [-0.15, -0.1) is 0 Å². The quantitative estimate of drug-likeness (QED) is 0.0201. The first-order chi connectivity index (χ1) is 29.1. The van der Waals surface area contributed by atoms with Crippen LogP contribution < -0.4 is 5.32 Å². The number of unbranched alkanes of at least 4 members (excludes halogenated alkanes) is 11. The molecule has 12 heteroatoms. The molecule has 0 saturated heterocycles. The van der Waals surface area contributed by atoms with Gasteiger partial charge in [0.15, 0.2) is 6.04 Å². The Kier molecular flexibility index (Phi) is 39.6. The van der Waals surface area contributed by atoms with Crippen LogP contribution in [0.15, 0.2) is 97.2 Å². The van der Waals surface area contributed by atoms with Crippen LogP contribution in [0.2, 0.25) is 0 Å². The maximum Gasteiger partial charge on any atom is 0.472 e. The zero-order chi connectivity index (χ0) is 44.2. The Balaban J connectivity index is 4.05. The molecule has 60 heavy (non-hydrogen) atoms. The van der Waals surface area contributed by atoms with Gasteiger partial charge in [0.25, 0.3) is 0 Å². The van der Waals surface area contributed by atoms with Crippen LogP contribution in [-0.4, -0.2) is 64.9 Å². The van der Waals surface area contributed by atoms with Crippen molar-refractivity contribution in [2.75, 3.05) is 19.8 Å². The molecule has 3 unspecified atom stereocenters. The van der Waals surface area contributed by atoms with E-state index >= 15 is 0 Å². The zero-order valence-electron chi connectivity index (χ0n) is 36.7. The van der Waals surface area contributed by atoms with Gasteiger partial charge in [-0.3, -0.25) is 18.6 Å². The van der Waals surface area contributed by atoms with E-state index in [1.165, 1.54) is 38.5 Å². The van der Waals surface area contributed by atoms with E-state index in [1.54, 1.807) is 6.08 Å². The number of hydrogen-bond donors (Lipinski definition) is 4. The standard InChI is InChI=1S/C48H78NO10P/c1-3-5-7-9-11-13-15-17-19-20-21-22-23-24-26-28-30-32-34-36-38-40-47(52)57-41-44(50)42-58-60(55,56)59-43-45(48(53)54)49-46(51)39-37-35-33-31-29-27-25-18-16-14-12-10-8-6-4-2/h5,7,11,13,17-19,21-22,24-26,30,32,36,38,44-45,50H,3-4,6,8-10,12,14-16,20,23,27-29,31,33-35,37,39-43H2,1-2H3,(H,49,51)(H,53,54)(H,55,56)/b7-5-,13-11-,19-17-,22-21-,25-18-,26-24-,32-30-,38-36-. The van der Waals surface area contributed by atoms with Crippen LogP contribution >= 0.6 is 7.82 Å². The Morgan fingerprint density at radius 1 is 0.567 bits per heavy atom. The molecule has 0 aromatic carbocycles. The number of carbonyl (C=O) groups is 3. The number of ether oxygens (including phenoxy) is 1. The second kappa shape index (κ2) is 42.1. The van der Waals surface area contributed by atoms with Crippen molar-refractivity contribution >= 4 is 25.7 Å². The van der Waals surface area contributed by atoms with E-state index in [0.29, 0.717) is 12.8 Å². The molecule has 0 heterocycles. The van der Waals surface area contributed by atoms with E-state index < -0.39 is 57.6 Å². The van der Waals surface area contributed by atoms with Crippen molar-refractivity contribution in [3.8, 4) is 0 Å². The van der Waals surface area contributed by atoms with E-state index in [9.17, 15) is 34.1 Å². The number of allylic oxidation sites excluding steroid dienone is 15. The number of amides is 1. The number of carbonyl (C=O) groups excluding carboxylic acids is 2. The summed E-state index contributed by atoms with van der Waals surface area (Å²) in [6.45, 7) is 2.35. The number of phosphoric ester groups is 1. The lowest BCUT2D eigenvalue weighted by molar-refractivity contribution is -0.146. The molecule has 3 atom stereocenters. The molecule has 0 spiro atoms. The molecular formula is C48H78NO10P. The number of carboxylic acid groups (broad SMARTS) is 1. The second-order valence-corrected chi connectivity index (χ2v) is 16.0. The summed E-state index contributed by atoms with van der Waals surface area (Å²) in [5.41, 5.74) is 0. The van der Waals surface area contributed by atoms with Crippen LogP contribution in [0.4, 0.5) is 0 Å². The van der Waals surface area contributed by atoms with Crippen LogP contribution in [-0.2, 0) is 32.7 Å². The lowest BCUT2D eigenvalue weighted by Gasteiger charge is -2.18. The molecule has 0 saturated carbocycles. The minimum absolute atomic E-state index is 0.0165. The number of aliphatic hydroxyl groups is 1. The summed E-state index contributed by atoms with van der Waals surface area (Å²) in [6.07, 6.45) is 53.1. The van der Waals surface area contributed by atoms with E-state index in [-0.39, 0.29) is 12.8 Å². The van der Waals surface area contributed by atoms with Gasteiger partial charge in [0.1, 0.15) is 12.7 Å². The molecule has 0 aliphatic carbocycles. The maximum atomic E-state index is 12.3. The highest BCUT2D eigenvalue weighted by Crippen LogP contribution is 2.43. The number of aliphatic hydroxyl groups excluding tert-OH is 1. The monoisotopic (exact) mass is 860 g/mol. The average molecular weight is 860 g/mol. The second-order valence-electron chi connectivity index (χ2n) is 14.5. The molecule has 340 valence electrons. The van der Waals surface area contributed by atoms with Crippen molar-refractivity contribution < 1.29 is 47.8 Å². The molecule has 1 amide bonds. The lowest BCUT2D eigenvalue weighted by atomic mass is 10.1. The third kappa shape index (κ3) is 41.1. The highest BCUT2D eigenvalue weighted by Gasteiger charge is 2.28. The number of nitrogens with one attached hydrogen (secondary N) is 1. The Morgan fingerprint density at radius 2 is 1.00 bits per heavy atom. The van der Waals surface area contributed by atoms with Crippen LogP contribution in [0.3, 0.4) is 0 Å². The summed E-state index contributed by atoms with van der Waals surface area (Å²) in [7, 11) is -4.79. The smallest absolute Gasteiger partial charge is 0.472 e. The van der Waals surface area contributed by atoms with E-state index in [1.807, 2.05) is 18.2 Å². The van der Waals surface area contributed by atoms with Gasteiger partial charge in [-0.05, 0) is 77.0 Å². The first kappa shape index (κ1) is 56.4. The van der Waals surface area contributed by atoms with Crippen molar-refractivity contribution in [3.05, 3.63) is 97.2 Å². The van der Waals surface area contributed by atoms with Gasteiger partial charge < -0.3 is 25.2 Å². The largest absolute Gasteiger partial charge is 0.480 e. The number of hydrogen-bond acceptors (Lipinski definition) is 8. The van der Waals surface area contributed by atoms with Gasteiger partial charge in [0.2, 0.25) is 5.91 Å². The van der Waals surface area contributed by atoms with Crippen molar-refractivity contribution in [2.45, 2.75) is 167 Å². The maximum absolute atomic E-state index is 12.3. The summed E-state index contributed by atoms with van der Waals surface area (Å²) < 4.78 is 26.7. The number of esters is 1. The fourth-order valence-electron chi connectivity index (χ4n) is 5.45. The minimum atomic E-state index is -4.79. The van der Waals surface area contributed by atoms with Crippen molar-refractivity contribution in [1.82, 2.24) is 5.32 Å². The van der Waals surface area contributed by atoms with Crippen molar-refractivity contribution in [1.29, 1.82) is 0 Å². The van der Waals surface area contributed by atoms with Crippen LogP contribution in [0, 0.1) is 0 Å². The molecule has 0 aromatic rings. The third-order valence-electron chi connectivity index (χ3n) is 8.89. The lowest BCUT2D eigenvalue weighted by Crippen LogP contribution is -2.43. The molecule has 0 fully saturated rings. The third-order valence-corrected chi connectivity index (χ3v) is 9.84. The Bertz CT molecular complexity index is 1380. The molecule has 11 nitrogen and oxygen atoms in total. The summed E-state index contributed by atoms with van der Waals surface area (Å²) in [6, 6.07) is -1.57. The highest BCUT2D eigenvalue weighted by atomic mass is 31.2. The SMILES string of the molecule is CC/C=C\C/C=C\C/C=C\C/C=C\C/C=C\C/C=C\C/C=C\CC(=O)OCC(O)COP(=O)(O)OCC(NC(=O)CCCCCCC/C=C\CCCCCCCC)C(=O)O. The molecule has 0 rings (SSSR count). The number of rotatable bonds is 40. The topological polar surface area (TPSA) is 169 Å². The zero-order valence-corrected chi connectivity index (χ0v) is 37.6. The molecule has 0 aliphatic rings. The molecule has 0 aliphatic heterocycles. The van der Waals surface area contributed by atoms with Crippen molar-refractivity contribution in [3.63, 3.8) is 0 Å². The van der Waals surface area contributed by atoms with Gasteiger partial charge >= 0.3 is 19.8 Å². The number of phosphoric acid groups is 1.